The van der Waals surface area contributed by atoms with Gasteiger partial charge in [-0.25, -0.2) is 0 Å². The molecule has 0 amide bonds. The van der Waals surface area contributed by atoms with Crippen molar-refractivity contribution in [3.05, 3.63) is 59.2 Å². The molecule has 0 aromatic heterocycles. The van der Waals surface area contributed by atoms with Gasteiger partial charge in [0.25, 0.3) is 0 Å². The van der Waals surface area contributed by atoms with E-state index in [1.54, 1.807) is 0 Å². The van der Waals surface area contributed by atoms with E-state index >= 15 is 0 Å². The van der Waals surface area contributed by atoms with Crippen LogP contribution in [-0.2, 0) is 13.0 Å². The van der Waals surface area contributed by atoms with Crippen molar-refractivity contribution in [2.24, 2.45) is 0 Å². The molecule has 0 unspecified atom stereocenters. The van der Waals surface area contributed by atoms with Crippen LogP contribution in [0.15, 0.2) is 42.5 Å². The smallest absolute Gasteiger partial charge is 0.0702 e. The highest BCUT2D eigenvalue weighted by Crippen LogP contribution is 2.35. The maximum atomic E-state index is 9.51. The fraction of sp³-hybridized carbons (Fsp3) is 0.294. The molecule has 2 aromatic carbocycles. The molecule has 2 heteroatoms. The number of nitrogens with zero attached hydrogens (tertiary/aromatic N) is 1. The number of hydrogen-bond donors (Lipinski definition) is 1. The fourth-order valence-corrected chi connectivity index (χ4v) is 2.88. The van der Waals surface area contributed by atoms with Gasteiger partial charge >= 0.3 is 0 Å². The quantitative estimate of drug-likeness (QED) is 0.884. The molecule has 0 fully saturated rings. The fourth-order valence-electron chi connectivity index (χ4n) is 2.88. The third-order valence-electron chi connectivity index (χ3n) is 3.81. The first-order valence-corrected chi connectivity index (χ1v) is 6.85. The van der Waals surface area contributed by atoms with Crippen LogP contribution in [0.4, 0.5) is 11.4 Å². The van der Waals surface area contributed by atoms with Gasteiger partial charge in [0.2, 0.25) is 0 Å². The Kier molecular flexibility index (Phi) is 3.26. The molecule has 1 aliphatic heterocycles. The van der Waals surface area contributed by atoms with Crippen molar-refractivity contribution in [2.75, 3.05) is 11.4 Å². The molecule has 1 heterocycles. The molecule has 98 valence electrons. The summed E-state index contributed by atoms with van der Waals surface area (Å²) in [6, 6.07) is 14.8. The second-order valence-electron chi connectivity index (χ2n) is 5.17. The molecule has 2 aromatic rings. The zero-order chi connectivity index (χ0) is 13.2. The summed E-state index contributed by atoms with van der Waals surface area (Å²) in [5.74, 6) is 0. The van der Waals surface area contributed by atoms with Gasteiger partial charge in [-0.15, -0.1) is 0 Å². The normalized spacial score (nSPS) is 14.3. The number of anilines is 2. The number of fused-ring (bicyclic) bond motifs is 1. The molecule has 0 radical (unpaired) electrons. The summed E-state index contributed by atoms with van der Waals surface area (Å²) in [5, 5.41) is 9.51. The SMILES string of the molecule is Cc1ccc2c(c1)CCCN2c1ccccc1CO. The van der Waals surface area contributed by atoms with Crippen molar-refractivity contribution < 1.29 is 5.11 Å². The molecule has 0 atom stereocenters. The third-order valence-corrected chi connectivity index (χ3v) is 3.81. The van der Waals surface area contributed by atoms with Crippen LogP contribution in [0.1, 0.15) is 23.1 Å². The van der Waals surface area contributed by atoms with E-state index in [0.717, 1.165) is 30.6 Å². The lowest BCUT2D eigenvalue weighted by atomic mass is 9.98. The highest BCUT2D eigenvalue weighted by molar-refractivity contribution is 5.70. The van der Waals surface area contributed by atoms with Crippen molar-refractivity contribution in [1.82, 2.24) is 0 Å². The first-order chi connectivity index (χ1) is 9.29. The summed E-state index contributed by atoms with van der Waals surface area (Å²) in [5.41, 5.74) is 6.15. The molecular weight excluding hydrogens is 234 g/mol. The summed E-state index contributed by atoms with van der Waals surface area (Å²) in [4.78, 5) is 2.34. The lowest BCUT2D eigenvalue weighted by Gasteiger charge is -2.33. The minimum atomic E-state index is 0.0911. The number of aliphatic hydroxyl groups excluding tert-OH is 1. The average Bonchev–Trinajstić information content (AvgIpc) is 2.46. The van der Waals surface area contributed by atoms with Gasteiger partial charge in [-0.3, -0.25) is 0 Å². The predicted molar refractivity (Wildman–Crippen MR) is 78.9 cm³/mol. The van der Waals surface area contributed by atoms with Crippen molar-refractivity contribution in [3.8, 4) is 0 Å². The van der Waals surface area contributed by atoms with Gasteiger partial charge in [-0.1, -0.05) is 35.9 Å². The summed E-state index contributed by atoms with van der Waals surface area (Å²) in [6.07, 6.45) is 2.31. The zero-order valence-corrected chi connectivity index (χ0v) is 11.3. The third kappa shape index (κ3) is 2.24. The van der Waals surface area contributed by atoms with Crippen LogP contribution in [0.3, 0.4) is 0 Å². The molecule has 0 saturated heterocycles. The monoisotopic (exact) mass is 253 g/mol. The van der Waals surface area contributed by atoms with Gasteiger partial charge in [-0.2, -0.15) is 0 Å². The molecule has 0 bridgehead atoms. The highest BCUT2D eigenvalue weighted by Gasteiger charge is 2.19. The Bertz CT molecular complexity index is 592. The van der Waals surface area contributed by atoms with E-state index in [-0.39, 0.29) is 6.61 Å². The molecule has 19 heavy (non-hydrogen) atoms. The Morgan fingerprint density at radius 3 is 2.79 bits per heavy atom. The van der Waals surface area contributed by atoms with E-state index in [9.17, 15) is 5.11 Å². The number of rotatable bonds is 2. The second kappa shape index (κ2) is 5.06. The summed E-state index contributed by atoms with van der Waals surface area (Å²) >= 11 is 0. The Morgan fingerprint density at radius 1 is 1.11 bits per heavy atom. The van der Waals surface area contributed by atoms with Crippen molar-refractivity contribution in [2.45, 2.75) is 26.4 Å². The minimum Gasteiger partial charge on any atom is -0.392 e. The average molecular weight is 253 g/mol. The number of para-hydroxylation sites is 1. The number of hydrogen-bond acceptors (Lipinski definition) is 2. The van der Waals surface area contributed by atoms with Crippen LogP contribution in [0.25, 0.3) is 0 Å². The van der Waals surface area contributed by atoms with E-state index in [0.29, 0.717) is 0 Å². The molecule has 3 rings (SSSR count). The summed E-state index contributed by atoms with van der Waals surface area (Å²) < 4.78 is 0. The Balaban J connectivity index is 2.08. The first kappa shape index (κ1) is 12.2. The topological polar surface area (TPSA) is 23.5 Å². The lowest BCUT2D eigenvalue weighted by molar-refractivity contribution is 0.282. The van der Waals surface area contributed by atoms with Crippen molar-refractivity contribution in [1.29, 1.82) is 0 Å². The van der Waals surface area contributed by atoms with Crippen LogP contribution in [0, 0.1) is 6.92 Å². The van der Waals surface area contributed by atoms with Crippen LogP contribution < -0.4 is 4.90 Å². The number of benzene rings is 2. The predicted octanol–water partition coefficient (Wildman–Crippen LogP) is 3.57. The zero-order valence-electron chi connectivity index (χ0n) is 11.3. The lowest BCUT2D eigenvalue weighted by Crippen LogP contribution is -2.25. The van der Waals surface area contributed by atoms with Crippen LogP contribution >= 0.6 is 0 Å². The van der Waals surface area contributed by atoms with Gasteiger partial charge in [0.05, 0.1) is 6.61 Å². The van der Waals surface area contributed by atoms with Gasteiger partial charge in [0.1, 0.15) is 0 Å². The van der Waals surface area contributed by atoms with Gasteiger partial charge < -0.3 is 10.0 Å². The maximum Gasteiger partial charge on any atom is 0.0702 e. The van der Waals surface area contributed by atoms with Gasteiger partial charge in [0.15, 0.2) is 0 Å². The molecular formula is C17H19NO. The van der Waals surface area contributed by atoms with E-state index in [2.05, 4.69) is 36.1 Å². The standard InChI is InChI=1S/C17H19NO/c1-13-8-9-17-14(11-13)6-4-10-18(17)16-7-3-2-5-15(16)12-19/h2-3,5,7-9,11,19H,4,6,10,12H2,1H3. The minimum absolute atomic E-state index is 0.0911. The Hall–Kier alpha value is -1.80. The molecule has 0 spiro atoms. The number of aliphatic hydroxyl groups is 1. The van der Waals surface area contributed by atoms with Crippen molar-refractivity contribution >= 4 is 11.4 Å². The Labute approximate surface area is 114 Å². The first-order valence-electron chi connectivity index (χ1n) is 6.85. The van der Waals surface area contributed by atoms with E-state index in [4.69, 9.17) is 0 Å². The summed E-state index contributed by atoms with van der Waals surface area (Å²) in [6.45, 7) is 3.25. The number of aryl methyl sites for hydroxylation is 2. The molecule has 1 N–H and O–H groups in total. The van der Waals surface area contributed by atoms with Crippen molar-refractivity contribution in [3.63, 3.8) is 0 Å². The maximum absolute atomic E-state index is 9.51. The highest BCUT2D eigenvalue weighted by atomic mass is 16.3. The summed E-state index contributed by atoms with van der Waals surface area (Å²) in [7, 11) is 0. The van der Waals surface area contributed by atoms with E-state index in [1.165, 1.54) is 16.8 Å². The van der Waals surface area contributed by atoms with E-state index in [1.807, 2.05) is 18.2 Å². The Morgan fingerprint density at radius 2 is 1.95 bits per heavy atom. The second-order valence-corrected chi connectivity index (χ2v) is 5.17. The molecule has 0 aliphatic carbocycles. The van der Waals surface area contributed by atoms with Crippen LogP contribution in [0.2, 0.25) is 0 Å². The van der Waals surface area contributed by atoms with Gasteiger partial charge in [-0.05, 0) is 37.5 Å². The largest absolute Gasteiger partial charge is 0.392 e. The van der Waals surface area contributed by atoms with Crippen LogP contribution in [-0.4, -0.2) is 11.7 Å². The van der Waals surface area contributed by atoms with Crippen LogP contribution in [0.5, 0.6) is 0 Å². The molecule has 2 nitrogen and oxygen atoms in total. The van der Waals surface area contributed by atoms with Gasteiger partial charge in [0, 0.05) is 23.5 Å². The van der Waals surface area contributed by atoms with E-state index < -0.39 is 0 Å². The molecule has 0 saturated carbocycles. The molecule has 1 aliphatic rings.